The number of hydrogen-bond donors (Lipinski definition) is 4. The van der Waals surface area contributed by atoms with Crippen LogP contribution in [0.2, 0.25) is 0 Å². The third-order valence-corrected chi connectivity index (χ3v) is 3.60. The number of nitrogens with one attached hydrogen (secondary N) is 4. The fraction of sp³-hybridized carbons (Fsp3) is 0.733. The molecule has 1 saturated heterocycles. The van der Waals surface area contributed by atoms with Gasteiger partial charge in [-0.05, 0) is 0 Å². The zero-order valence-electron chi connectivity index (χ0n) is 16.1. The minimum Gasteiger partial charge on any atom is -0.447 e. The predicted octanol–water partition coefficient (Wildman–Crippen LogP) is -1.58. The van der Waals surface area contributed by atoms with Gasteiger partial charge in [0.2, 0.25) is 5.91 Å². The summed E-state index contributed by atoms with van der Waals surface area (Å²) in [7, 11) is 1.50. The fourth-order valence-corrected chi connectivity index (χ4v) is 2.09. The van der Waals surface area contributed by atoms with Crippen LogP contribution in [0.15, 0.2) is 0 Å². The highest BCUT2D eigenvalue weighted by Gasteiger charge is 2.21. The molecule has 0 aromatic rings. The van der Waals surface area contributed by atoms with Crippen molar-refractivity contribution in [1.82, 2.24) is 31.1 Å². The van der Waals surface area contributed by atoms with Gasteiger partial charge in [0.1, 0.15) is 13.3 Å². The van der Waals surface area contributed by atoms with Crippen molar-refractivity contribution in [1.29, 1.82) is 0 Å². The van der Waals surface area contributed by atoms with Crippen LogP contribution in [0.5, 0.6) is 0 Å². The predicted molar refractivity (Wildman–Crippen MR) is 96.1 cm³/mol. The van der Waals surface area contributed by atoms with Crippen LogP contribution in [0.3, 0.4) is 0 Å². The molecular weight excluding hydrogens is 376 g/mol. The van der Waals surface area contributed by atoms with E-state index in [0.29, 0.717) is 32.8 Å². The second kappa shape index (κ2) is 13.4. The van der Waals surface area contributed by atoms with E-state index in [4.69, 9.17) is 14.2 Å². The van der Waals surface area contributed by atoms with Gasteiger partial charge in [0.15, 0.2) is 0 Å². The summed E-state index contributed by atoms with van der Waals surface area (Å²) in [5.74, 6) is -0.257. The van der Waals surface area contributed by atoms with Crippen molar-refractivity contribution in [2.75, 3.05) is 66.6 Å². The van der Waals surface area contributed by atoms with Crippen LogP contribution < -0.4 is 21.3 Å². The van der Waals surface area contributed by atoms with E-state index in [2.05, 4.69) is 21.3 Å². The highest BCUT2D eigenvalue weighted by Crippen LogP contribution is 2.02. The van der Waals surface area contributed by atoms with Crippen LogP contribution in [0.1, 0.15) is 6.92 Å². The largest absolute Gasteiger partial charge is 0.447 e. The molecule has 1 rings (SSSR count). The maximum absolute atomic E-state index is 12.0. The molecule has 160 valence electrons. The van der Waals surface area contributed by atoms with Gasteiger partial charge < -0.3 is 40.4 Å². The number of carbonyl (C=O) groups excluding carboxylic acids is 4. The smallest absolute Gasteiger partial charge is 0.409 e. The summed E-state index contributed by atoms with van der Waals surface area (Å²) in [4.78, 5) is 49.0. The van der Waals surface area contributed by atoms with Crippen molar-refractivity contribution < 1.29 is 33.4 Å². The highest BCUT2D eigenvalue weighted by atomic mass is 16.6. The van der Waals surface area contributed by atoms with Gasteiger partial charge >= 0.3 is 18.2 Å². The van der Waals surface area contributed by atoms with Gasteiger partial charge in [-0.25, -0.2) is 14.4 Å². The van der Waals surface area contributed by atoms with Gasteiger partial charge in [0, 0.05) is 40.2 Å². The number of urea groups is 1. The Kier molecular flexibility index (Phi) is 11.1. The summed E-state index contributed by atoms with van der Waals surface area (Å²) in [5, 5.41) is 9.76. The number of nitrogens with zero attached hydrogens (tertiary/aromatic N) is 2. The minimum absolute atomic E-state index is 0.00389. The van der Waals surface area contributed by atoms with E-state index in [1.165, 1.54) is 14.0 Å². The number of amides is 5. The summed E-state index contributed by atoms with van der Waals surface area (Å²) < 4.78 is 14.6. The molecule has 0 saturated carbocycles. The zero-order valence-corrected chi connectivity index (χ0v) is 16.1. The number of piperazine rings is 1. The summed E-state index contributed by atoms with van der Waals surface area (Å²) in [6.45, 7) is 3.73. The molecule has 13 heteroatoms. The van der Waals surface area contributed by atoms with Gasteiger partial charge in [-0.2, -0.15) is 0 Å². The molecule has 0 unspecified atom stereocenters. The topological polar surface area (TPSA) is 151 Å². The first-order valence-electron chi connectivity index (χ1n) is 8.72. The van der Waals surface area contributed by atoms with Crippen LogP contribution >= 0.6 is 0 Å². The quantitative estimate of drug-likeness (QED) is 0.266. The molecule has 0 bridgehead atoms. The summed E-state index contributed by atoms with van der Waals surface area (Å²) >= 11 is 0. The van der Waals surface area contributed by atoms with E-state index >= 15 is 0 Å². The van der Waals surface area contributed by atoms with Crippen LogP contribution in [0.25, 0.3) is 0 Å². The molecule has 0 atom stereocenters. The van der Waals surface area contributed by atoms with Gasteiger partial charge in [-0.3, -0.25) is 9.69 Å². The molecule has 1 aliphatic rings. The molecule has 28 heavy (non-hydrogen) atoms. The number of rotatable bonds is 9. The Morgan fingerprint density at radius 1 is 0.821 bits per heavy atom. The third kappa shape index (κ3) is 10.4. The molecule has 4 N–H and O–H groups in total. The van der Waals surface area contributed by atoms with Gasteiger partial charge in [-0.1, -0.05) is 0 Å². The first-order chi connectivity index (χ1) is 13.4. The lowest BCUT2D eigenvalue weighted by Gasteiger charge is -2.34. The molecule has 0 aromatic heterocycles. The summed E-state index contributed by atoms with van der Waals surface area (Å²) in [5.41, 5.74) is 0. The molecule has 0 spiro atoms. The van der Waals surface area contributed by atoms with Gasteiger partial charge in [0.25, 0.3) is 0 Å². The van der Waals surface area contributed by atoms with Gasteiger partial charge in [-0.15, -0.1) is 0 Å². The normalized spacial score (nSPS) is 14.0. The van der Waals surface area contributed by atoms with E-state index in [9.17, 15) is 19.2 Å². The third-order valence-electron chi connectivity index (χ3n) is 3.60. The van der Waals surface area contributed by atoms with E-state index in [1.54, 1.807) is 4.90 Å². The Morgan fingerprint density at radius 3 is 2.04 bits per heavy atom. The van der Waals surface area contributed by atoms with Crippen molar-refractivity contribution in [3.63, 3.8) is 0 Å². The molecule has 0 aromatic carbocycles. The number of carbonyl (C=O) groups is 4. The number of ether oxygens (including phenoxy) is 3. The van der Waals surface area contributed by atoms with Crippen LogP contribution in [0.4, 0.5) is 14.4 Å². The molecule has 0 radical (unpaired) electrons. The molecule has 0 aliphatic carbocycles. The van der Waals surface area contributed by atoms with Gasteiger partial charge in [0.05, 0.1) is 19.9 Å². The molecule has 13 nitrogen and oxygen atoms in total. The number of methoxy groups -OCH3 is 1. The number of alkyl carbamates (subject to hydrolysis) is 2. The van der Waals surface area contributed by atoms with Crippen LogP contribution in [-0.4, -0.2) is 100 Å². The highest BCUT2D eigenvalue weighted by molar-refractivity contribution is 5.75. The summed E-state index contributed by atoms with van der Waals surface area (Å²) in [6, 6.07) is -0.314. The zero-order chi connectivity index (χ0) is 20.8. The van der Waals surface area contributed by atoms with E-state index < -0.39 is 12.2 Å². The Balaban J connectivity index is 2.11. The Morgan fingerprint density at radius 2 is 1.43 bits per heavy atom. The Labute approximate surface area is 163 Å². The molecule has 1 aliphatic heterocycles. The lowest BCUT2D eigenvalue weighted by atomic mass is 10.3. The molecule has 1 fully saturated rings. The van der Waals surface area contributed by atoms with Crippen LogP contribution in [0, 0.1) is 0 Å². The first kappa shape index (κ1) is 23.2. The molecule has 1 heterocycles. The maximum Gasteiger partial charge on any atom is 0.409 e. The molecular formula is C15H28N6O7. The number of hydrogen-bond acceptors (Lipinski definition) is 8. The Hall–Kier alpha value is -2.80. The molecule has 5 amide bonds. The van der Waals surface area contributed by atoms with Crippen molar-refractivity contribution in [3.8, 4) is 0 Å². The second-order valence-corrected chi connectivity index (χ2v) is 5.72. The standard InChI is InChI=1S/C15H28N6O7/c1-12(22)16-9-18-15(25)28-11-20-3-5-21(6-4-20)13(23)17-10-19-14(24)27-8-7-26-2/h3-11H2,1-2H3,(H,16,22)(H,17,23)(H,18,25)(H,19,24). The average molecular weight is 404 g/mol. The lowest BCUT2D eigenvalue weighted by Crippen LogP contribution is -2.53. The van der Waals surface area contributed by atoms with Crippen LogP contribution in [-0.2, 0) is 19.0 Å². The van der Waals surface area contributed by atoms with E-state index in [0.717, 1.165) is 0 Å². The van der Waals surface area contributed by atoms with Crippen molar-refractivity contribution >= 4 is 24.1 Å². The minimum atomic E-state index is -0.643. The summed E-state index contributed by atoms with van der Waals surface area (Å²) in [6.07, 6.45) is -1.28. The van der Waals surface area contributed by atoms with Crippen molar-refractivity contribution in [2.24, 2.45) is 0 Å². The second-order valence-electron chi connectivity index (χ2n) is 5.72. The lowest BCUT2D eigenvalue weighted by molar-refractivity contribution is -0.119. The maximum atomic E-state index is 12.0. The fourth-order valence-electron chi connectivity index (χ4n) is 2.09. The van der Waals surface area contributed by atoms with E-state index in [-0.39, 0.29) is 38.6 Å². The van der Waals surface area contributed by atoms with E-state index in [1.807, 2.05) is 4.90 Å². The van der Waals surface area contributed by atoms with Crippen molar-refractivity contribution in [2.45, 2.75) is 6.92 Å². The van der Waals surface area contributed by atoms with Crippen molar-refractivity contribution in [3.05, 3.63) is 0 Å². The first-order valence-corrected chi connectivity index (χ1v) is 8.72. The SMILES string of the molecule is COCCOC(=O)NCNC(=O)N1CCN(COC(=O)NCNC(C)=O)CC1. The monoisotopic (exact) mass is 404 g/mol. The Bertz CT molecular complexity index is 525. The average Bonchev–Trinajstić information content (AvgIpc) is 2.66.